The van der Waals surface area contributed by atoms with Crippen molar-refractivity contribution in [1.29, 1.82) is 0 Å². The second kappa shape index (κ2) is 7.34. The Kier molecular flexibility index (Phi) is 4.61. The molecule has 1 saturated heterocycles. The van der Waals surface area contributed by atoms with E-state index in [9.17, 15) is 4.79 Å². The number of para-hydroxylation sites is 1. The molecule has 0 atom stereocenters. The van der Waals surface area contributed by atoms with Gasteiger partial charge in [0, 0.05) is 44.1 Å². The van der Waals surface area contributed by atoms with Crippen LogP contribution in [0.15, 0.2) is 48.7 Å². The number of hydrogen-bond acceptors (Lipinski definition) is 5. The molecule has 7 heteroatoms. The standard InChI is InChI=1S/C24H25N3O4/c1-26-22-16-7-4-5-8-18(16)31-24(17(22)15-25-26)11-13-27(14-12-24)23(28)21-19(29-2)9-6-10-20(21)30-3/h4-10,15H,11-14H2,1-3H3. The van der Waals surface area contributed by atoms with Crippen molar-refractivity contribution in [1.82, 2.24) is 14.7 Å². The van der Waals surface area contributed by atoms with Crippen LogP contribution < -0.4 is 14.2 Å². The highest BCUT2D eigenvalue weighted by atomic mass is 16.5. The Bertz CT molecular complexity index is 1120. The molecular weight excluding hydrogens is 394 g/mol. The molecule has 2 aliphatic heterocycles. The van der Waals surface area contributed by atoms with Gasteiger partial charge in [0.1, 0.15) is 28.4 Å². The normalized spacial score (nSPS) is 16.3. The summed E-state index contributed by atoms with van der Waals surface area (Å²) >= 11 is 0. The zero-order chi connectivity index (χ0) is 21.6. The molecule has 3 aromatic rings. The number of nitrogens with zero attached hydrogens (tertiary/aromatic N) is 3. The lowest BCUT2D eigenvalue weighted by molar-refractivity contribution is -0.00187. The predicted octanol–water partition coefficient (Wildman–Crippen LogP) is 3.63. The number of rotatable bonds is 3. The molecule has 5 rings (SSSR count). The van der Waals surface area contributed by atoms with E-state index < -0.39 is 5.60 Å². The van der Waals surface area contributed by atoms with Gasteiger partial charge in [-0.3, -0.25) is 9.48 Å². The Balaban J connectivity index is 1.45. The molecule has 1 amide bonds. The number of methoxy groups -OCH3 is 2. The first-order valence-corrected chi connectivity index (χ1v) is 10.4. The van der Waals surface area contributed by atoms with Gasteiger partial charge in [0.2, 0.25) is 0 Å². The van der Waals surface area contributed by atoms with Gasteiger partial charge in [-0.25, -0.2) is 0 Å². The number of likely N-dealkylation sites (tertiary alicyclic amines) is 1. The zero-order valence-corrected chi connectivity index (χ0v) is 17.9. The molecule has 0 unspecified atom stereocenters. The summed E-state index contributed by atoms with van der Waals surface area (Å²) in [6.45, 7) is 1.13. The Morgan fingerprint density at radius 3 is 2.39 bits per heavy atom. The second-order valence-electron chi connectivity index (χ2n) is 7.95. The molecule has 1 spiro atoms. The second-order valence-corrected chi connectivity index (χ2v) is 7.95. The van der Waals surface area contributed by atoms with E-state index in [-0.39, 0.29) is 5.91 Å². The molecule has 160 valence electrons. The van der Waals surface area contributed by atoms with E-state index in [4.69, 9.17) is 14.2 Å². The SMILES string of the molecule is COc1cccc(OC)c1C(=O)N1CCC2(CC1)Oc1ccccc1-c1c2cnn1C. The summed E-state index contributed by atoms with van der Waals surface area (Å²) in [5, 5.41) is 4.52. The fraction of sp³-hybridized carbons (Fsp3) is 0.333. The van der Waals surface area contributed by atoms with Crippen LogP contribution in [0.1, 0.15) is 28.8 Å². The number of amides is 1. The number of ether oxygens (including phenoxy) is 3. The fourth-order valence-corrected chi connectivity index (χ4v) is 4.77. The van der Waals surface area contributed by atoms with E-state index in [1.54, 1.807) is 26.4 Å². The van der Waals surface area contributed by atoms with Crippen LogP contribution in [0.4, 0.5) is 0 Å². The van der Waals surface area contributed by atoms with Crippen molar-refractivity contribution in [3.05, 3.63) is 59.8 Å². The first-order chi connectivity index (χ1) is 15.1. The summed E-state index contributed by atoms with van der Waals surface area (Å²) in [6, 6.07) is 13.4. The van der Waals surface area contributed by atoms with Crippen molar-refractivity contribution in [3.8, 4) is 28.5 Å². The Labute approximate surface area is 181 Å². The van der Waals surface area contributed by atoms with Crippen molar-refractivity contribution in [2.24, 2.45) is 7.05 Å². The minimum absolute atomic E-state index is 0.0910. The zero-order valence-electron chi connectivity index (χ0n) is 17.9. The molecule has 0 saturated carbocycles. The summed E-state index contributed by atoms with van der Waals surface area (Å²) in [4.78, 5) is 15.2. The molecule has 0 bridgehead atoms. The van der Waals surface area contributed by atoms with Crippen LogP contribution in [0.2, 0.25) is 0 Å². The minimum Gasteiger partial charge on any atom is -0.496 e. The molecule has 0 aliphatic carbocycles. The molecule has 31 heavy (non-hydrogen) atoms. The van der Waals surface area contributed by atoms with Crippen LogP contribution >= 0.6 is 0 Å². The predicted molar refractivity (Wildman–Crippen MR) is 116 cm³/mol. The lowest BCUT2D eigenvalue weighted by atomic mass is 9.81. The van der Waals surface area contributed by atoms with Gasteiger partial charge in [-0.05, 0) is 24.3 Å². The molecule has 1 aromatic heterocycles. The first-order valence-electron chi connectivity index (χ1n) is 10.4. The Morgan fingerprint density at radius 1 is 1.03 bits per heavy atom. The molecule has 0 N–H and O–H groups in total. The average Bonchev–Trinajstić information content (AvgIpc) is 3.21. The van der Waals surface area contributed by atoms with E-state index in [0.29, 0.717) is 43.0 Å². The summed E-state index contributed by atoms with van der Waals surface area (Å²) < 4.78 is 19.4. The van der Waals surface area contributed by atoms with E-state index in [2.05, 4.69) is 11.2 Å². The van der Waals surface area contributed by atoms with Crippen LogP contribution in [0.3, 0.4) is 0 Å². The number of carbonyl (C=O) groups excluding carboxylic acids is 1. The van der Waals surface area contributed by atoms with Gasteiger partial charge in [-0.15, -0.1) is 0 Å². The fourth-order valence-electron chi connectivity index (χ4n) is 4.77. The van der Waals surface area contributed by atoms with E-state index in [1.165, 1.54) is 0 Å². The third kappa shape index (κ3) is 2.95. The van der Waals surface area contributed by atoms with Crippen LogP contribution in [0, 0.1) is 0 Å². The molecule has 2 aliphatic rings. The number of benzene rings is 2. The van der Waals surface area contributed by atoms with Gasteiger partial charge in [-0.1, -0.05) is 18.2 Å². The molecule has 1 fully saturated rings. The maximum atomic E-state index is 13.4. The average molecular weight is 419 g/mol. The van der Waals surface area contributed by atoms with Crippen molar-refractivity contribution >= 4 is 5.91 Å². The highest BCUT2D eigenvalue weighted by molar-refractivity contribution is 5.99. The highest BCUT2D eigenvalue weighted by Gasteiger charge is 2.46. The van der Waals surface area contributed by atoms with Crippen LogP contribution in [-0.4, -0.2) is 47.9 Å². The van der Waals surface area contributed by atoms with Gasteiger partial charge in [0.25, 0.3) is 5.91 Å². The van der Waals surface area contributed by atoms with Gasteiger partial charge >= 0.3 is 0 Å². The van der Waals surface area contributed by atoms with Gasteiger partial charge in [-0.2, -0.15) is 5.10 Å². The quantitative estimate of drug-likeness (QED) is 0.649. The molecule has 0 radical (unpaired) electrons. The van der Waals surface area contributed by atoms with E-state index in [0.717, 1.165) is 22.6 Å². The van der Waals surface area contributed by atoms with Crippen LogP contribution in [-0.2, 0) is 12.6 Å². The van der Waals surface area contributed by atoms with Gasteiger partial charge in [0.15, 0.2) is 0 Å². The highest BCUT2D eigenvalue weighted by Crippen LogP contribution is 2.49. The first kappa shape index (κ1) is 19.5. The molecule has 3 heterocycles. The maximum Gasteiger partial charge on any atom is 0.261 e. The lowest BCUT2D eigenvalue weighted by Gasteiger charge is -2.44. The van der Waals surface area contributed by atoms with Crippen LogP contribution in [0.25, 0.3) is 11.3 Å². The summed E-state index contributed by atoms with van der Waals surface area (Å²) in [6.07, 6.45) is 3.28. The summed E-state index contributed by atoms with van der Waals surface area (Å²) in [7, 11) is 5.09. The number of hydrogen-bond donors (Lipinski definition) is 0. The molecule has 2 aromatic carbocycles. The number of carbonyl (C=O) groups is 1. The third-order valence-corrected chi connectivity index (χ3v) is 6.38. The Hall–Kier alpha value is -3.48. The smallest absolute Gasteiger partial charge is 0.261 e. The summed E-state index contributed by atoms with van der Waals surface area (Å²) in [5.41, 5.74) is 3.21. The number of piperidine rings is 1. The minimum atomic E-state index is -0.487. The maximum absolute atomic E-state index is 13.4. The molecular formula is C24H25N3O4. The van der Waals surface area contributed by atoms with Crippen LogP contribution in [0.5, 0.6) is 17.2 Å². The summed E-state index contributed by atoms with van der Waals surface area (Å²) in [5.74, 6) is 1.81. The largest absolute Gasteiger partial charge is 0.496 e. The van der Waals surface area contributed by atoms with Crippen molar-refractivity contribution in [3.63, 3.8) is 0 Å². The third-order valence-electron chi connectivity index (χ3n) is 6.38. The van der Waals surface area contributed by atoms with Crippen molar-refractivity contribution in [2.45, 2.75) is 18.4 Å². The van der Waals surface area contributed by atoms with E-state index >= 15 is 0 Å². The molecule has 7 nitrogen and oxygen atoms in total. The number of fused-ring (bicyclic) bond motifs is 4. The monoisotopic (exact) mass is 419 g/mol. The number of aryl methyl sites for hydroxylation is 1. The van der Waals surface area contributed by atoms with E-state index in [1.807, 2.05) is 47.1 Å². The van der Waals surface area contributed by atoms with Gasteiger partial charge in [0.05, 0.1) is 26.1 Å². The topological polar surface area (TPSA) is 65.8 Å². The van der Waals surface area contributed by atoms with Crippen molar-refractivity contribution in [2.75, 3.05) is 27.3 Å². The Morgan fingerprint density at radius 2 is 1.71 bits per heavy atom. The van der Waals surface area contributed by atoms with Crippen molar-refractivity contribution < 1.29 is 19.0 Å². The number of aromatic nitrogens is 2. The van der Waals surface area contributed by atoms with Gasteiger partial charge < -0.3 is 19.1 Å². The lowest BCUT2D eigenvalue weighted by Crippen LogP contribution is -2.49.